The number of carbonyl (C=O) groups is 1. The molecule has 31 heavy (non-hydrogen) atoms. The molecule has 1 aliphatic rings. The second-order valence-corrected chi connectivity index (χ2v) is 10.4. The van der Waals surface area contributed by atoms with E-state index in [2.05, 4.69) is 10.8 Å². The Balaban J connectivity index is 1.34. The van der Waals surface area contributed by atoms with Crippen molar-refractivity contribution < 1.29 is 13.2 Å². The van der Waals surface area contributed by atoms with Crippen LogP contribution < -0.4 is 4.72 Å². The fourth-order valence-electron chi connectivity index (χ4n) is 3.72. The molecule has 2 heterocycles. The fourth-order valence-corrected chi connectivity index (χ4v) is 5.89. The Labute approximate surface area is 186 Å². The van der Waals surface area contributed by atoms with E-state index < -0.39 is 10.0 Å². The molecule has 1 fully saturated rings. The predicted molar refractivity (Wildman–Crippen MR) is 125 cm³/mol. The van der Waals surface area contributed by atoms with Gasteiger partial charge in [0.1, 0.15) is 0 Å². The molecule has 2 aromatic carbocycles. The number of para-hydroxylation sites is 1. The number of likely N-dealkylation sites (tertiary alicyclic amines) is 1. The summed E-state index contributed by atoms with van der Waals surface area (Å²) in [5.41, 5.74) is 1.83. The largest absolute Gasteiger partial charge is 0.339 e. The highest BCUT2D eigenvalue weighted by Crippen LogP contribution is 2.33. The van der Waals surface area contributed by atoms with E-state index in [1.54, 1.807) is 54.7 Å². The zero-order valence-electron chi connectivity index (χ0n) is 17.3. The summed E-state index contributed by atoms with van der Waals surface area (Å²) in [5, 5.41) is 1.16. The van der Waals surface area contributed by atoms with Gasteiger partial charge in [0.15, 0.2) is 0 Å². The van der Waals surface area contributed by atoms with Gasteiger partial charge in [0.05, 0.1) is 20.1 Å². The van der Waals surface area contributed by atoms with Gasteiger partial charge >= 0.3 is 0 Å². The number of benzene rings is 2. The molecule has 8 heteroatoms. The highest BCUT2D eigenvalue weighted by atomic mass is 32.2. The maximum Gasteiger partial charge on any atom is 0.246 e. The Kier molecular flexibility index (Phi) is 6.50. The predicted octanol–water partition coefficient (Wildman–Crippen LogP) is 4.01. The number of nitrogens with zero attached hydrogens (tertiary/aromatic N) is 2. The van der Waals surface area contributed by atoms with Crippen LogP contribution in [0.5, 0.6) is 0 Å². The minimum atomic E-state index is -3.47. The summed E-state index contributed by atoms with van der Waals surface area (Å²) in [4.78, 5) is 19.4. The Bertz CT molecular complexity index is 1160. The first-order chi connectivity index (χ1) is 15.0. The van der Waals surface area contributed by atoms with Crippen molar-refractivity contribution in [3.8, 4) is 0 Å². The maximum atomic E-state index is 12.6. The van der Waals surface area contributed by atoms with Gasteiger partial charge < -0.3 is 4.90 Å². The van der Waals surface area contributed by atoms with Crippen molar-refractivity contribution in [2.45, 2.75) is 30.6 Å². The quantitative estimate of drug-likeness (QED) is 0.570. The lowest BCUT2D eigenvalue weighted by atomic mass is 9.97. The van der Waals surface area contributed by atoms with E-state index in [0.717, 1.165) is 28.9 Å². The summed E-state index contributed by atoms with van der Waals surface area (Å²) in [6.07, 6.45) is 5.12. The number of piperidine rings is 1. The summed E-state index contributed by atoms with van der Waals surface area (Å²) in [5.74, 6) is 0.378. The first-order valence-corrected chi connectivity index (χ1v) is 12.7. The van der Waals surface area contributed by atoms with Crippen LogP contribution >= 0.6 is 11.3 Å². The van der Waals surface area contributed by atoms with Crippen LogP contribution in [0.2, 0.25) is 0 Å². The van der Waals surface area contributed by atoms with Crippen molar-refractivity contribution in [2.24, 2.45) is 0 Å². The summed E-state index contributed by atoms with van der Waals surface area (Å²) >= 11 is 1.75. The summed E-state index contributed by atoms with van der Waals surface area (Å²) in [6, 6.07) is 14.7. The molecule has 0 aliphatic carbocycles. The normalized spacial score (nSPS) is 15.7. The molecule has 0 unspecified atom stereocenters. The fraction of sp³-hybridized carbons (Fsp3) is 0.304. The van der Waals surface area contributed by atoms with Crippen LogP contribution in [0, 0.1) is 0 Å². The van der Waals surface area contributed by atoms with Gasteiger partial charge in [0.25, 0.3) is 0 Å². The minimum absolute atomic E-state index is 0.0212. The average Bonchev–Trinajstić information content (AvgIpc) is 3.22. The van der Waals surface area contributed by atoms with Gasteiger partial charge in [0, 0.05) is 31.6 Å². The second kappa shape index (κ2) is 9.30. The average molecular weight is 456 g/mol. The van der Waals surface area contributed by atoms with Crippen LogP contribution in [0.1, 0.15) is 36.3 Å². The molecule has 6 nitrogen and oxygen atoms in total. The molecule has 0 spiro atoms. The van der Waals surface area contributed by atoms with Crippen molar-refractivity contribution in [1.29, 1.82) is 0 Å². The molecule has 1 aliphatic heterocycles. The number of thiazole rings is 1. The lowest BCUT2D eigenvalue weighted by Crippen LogP contribution is -2.36. The summed E-state index contributed by atoms with van der Waals surface area (Å²) in [6.45, 7) is 3.50. The van der Waals surface area contributed by atoms with Gasteiger partial charge in [-0.15, -0.1) is 11.3 Å². The number of aromatic nitrogens is 1. The van der Waals surface area contributed by atoms with E-state index in [0.29, 0.717) is 25.6 Å². The molecule has 0 saturated carbocycles. The highest BCUT2D eigenvalue weighted by molar-refractivity contribution is 7.89. The van der Waals surface area contributed by atoms with Crippen LogP contribution in [-0.2, 0) is 14.8 Å². The topological polar surface area (TPSA) is 79.4 Å². The smallest absolute Gasteiger partial charge is 0.246 e. The van der Waals surface area contributed by atoms with Crippen molar-refractivity contribution in [3.05, 3.63) is 65.2 Å². The molecule has 0 radical (unpaired) electrons. The summed E-state index contributed by atoms with van der Waals surface area (Å²) < 4.78 is 27.7. The Morgan fingerprint density at radius 1 is 1.16 bits per heavy atom. The van der Waals surface area contributed by atoms with Crippen molar-refractivity contribution >= 4 is 43.6 Å². The third-order valence-electron chi connectivity index (χ3n) is 5.41. The number of carbonyl (C=O) groups excluding carboxylic acids is 1. The van der Waals surface area contributed by atoms with Crippen LogP contribution in [0.15, 0.2) is 59.5 Å². The molecule has 1 amide bonds. The molecule has 4 rings (SSSR count). The van der Waals surface area contributed by atoms with Crippen LogP contribution in [-0.4, -0.2) is 43.8 Å². The Hall–Kier alpha value is -2.55. The molecule has 162 valence electrons. The molecule has 1 N–H and O–H groups in total. The van der Waals surface area contributed by atoms with Crippen LogP contribution in [0.4, 0.5) is 0 Å². The lowest BCUT2D eigenvalue weighted by molar-refractivity contribution is -0.126. The van der Waals surface area contributed by atoms with Crippen LogP contribution in [0.25, 0.3) is 16.3 Å². The molecule has 1 aromatic heterocycles. The molecular weight excluding hydrogens is 430 g/mol. The molecule has 0 bridgehead atoms. The number of fused-ring (bicyclic) bond motifs is 1. The highest BCUT2D eigenvalue weighted by Gasteiger charge is 2.25. The minimum Gasteiger partial charge on any atom is -0.339 e. The van der Waals surface area contributed by atoms with Gasteiger partial charge in [-0.1, -0.05) is 31.2 Å². The number of rotatable bonds is 6. The van der Waals surface area contributed by atoms with Crippen molar-refractivity contribution in [1.82, 2.24) is 14.6 Å². The van der Waals surface area contributed by atoms with Gasteiger partial charge in [-0.2, -0.15) is 0 Å². The first-order valence-electron chi connectivity index (χ1n) is 10.4. The zero-order chi connectivity index (χ0) is 21.8. The molecule has 0 atom stereocenters. The third kappa shape index (κ3) is 5.03. The number of amides is 1. The molecular formula is C23H25N3O3S2. The van der Waals surface area contributed by atoms with Crippen LogP contribution in [0.3, 0.4) is 0 Å². The number of sulfonamides is 1. The van der Waals surface area contributed by atoms with Gasteiger partial charge in [-0.25, -0.2) is 18.1 Å². The molecule has 3 aromatic rings. The Morgan fingerprint density at radius 2 is 1.87 bits per heavy atom. The van der Waals surface area contributed by atoms with E-state index in [1.807, 2.05) is 23.1 Å². The monoisotopic (exact) mass is 455 g/mol. The number of hydrogen-bond donors (Lipinski definition) is 1. The summed E-state index contributed by atoms with van der Waals surface area (Å²) in [7, 11) is -3.47. The van der Waals surface area contributed by atoms with E-state index >= 15 is 0 Å². The Morgan fingerprint density at radius 3 is 2.55 bits per heavy atom. The van der Waals surface area contributed by atoms with Crippen molar-refractivity contribution in [2.75, 3.05) is 19.6 Å². The first kappa shape index (κ1) is 21.7. The zero-order valence-corrected chi connectivity index (χ0v) is 19.0. The maximum absolute atomic E-state index is 12.6. The van der Waals surface area contributed by atoms with Gasteiger partial charge in [-0.05, 0) is 48.7 Å². The SMILES string of the molecule is CCNS(=O)(=O)c1ccc(/C=C/C(=O)N2CCC(c3nc4ccccc4s3)CC2)cc1. The van der Waals surface area contributed by atoms with E-state index in [-0.39, 0.29) is 10.8 Å². The standard InChI is InChI=1S/C23H25N3O3S2/c1-2-24-31(28,29)19-10-7-17(8-11-19)9-12-22(27)26-15-13-18(14-16-26)23-25-20-5-3-4-6-21(20)30-23/h3-12,18,24H,2,13-16H2,1H3/b12-9+. The lowest BCUT2D eigenvalue weighted by Gasteiger charge is -2.30. The third-order valence-corrected chi connectivity index (χ3v) is 8.17. The second-order valence-electron chi connectivity index (χ2n) is 7.52. The van der Waals surface area contributed by atoms with Gasteiger partial charge in [0.2, 0.25) is 15.9 Å². The van der Waals surface area contributed by atoms with Crippen molar-refractivity contribution in [3.63, 3.8) is 0 Å². The molecule has 1 saturated heterocycles. The van der Waals surface area contributed by atoms with Gasteiger partial charge in [-0.3, -0.25) is 4.79 Å². The van der Waals surface area contributed by atoms with E-state index in [1.165, 1.54) is 4.70 Å². The van der Waals surface area contributed by atoms with E-state index in [9.17, 15) is 13.2 Å². The number of hydrogen-bond acceptors (Lipinski definition) is 5. The number of nitrogens with one attached hydrogen (secondary N) is 1. The van der Waals surface area contributed by atoms with E-state index in [4.69, 9.17) is 4.98 Å².